The number of aliphatic hydroxyl groups excluding tert-OH is 1. The molecule has 168 valence electrons. The van der Waals surface area contributed by atoms with Gasteiger partial charge in [0.15, 0.2) is 0 Å². The van der Waals surface area contributed by atoms with Crippen molar-refractivity contribution in [2.75, 3.05) is 13.1 Å². The van der Waals surface area contributed by atoms with Crippen molar-refractivity contribution in [3.63, 3.8) is 0 Å². The van der Waals surface area contributed by atoms with Crippen LogP contribution in [0, 0.1) is 0 Å². The fourth-order valence-electron chi connectivity index (χ4n) is 4.98. The van der Waals surface area contributed by atoms with Gasteiger partial charge in [0.25, 0.3) is 0 Å². The molecule has 6 rings (SSSR count). The number of fused-ring (bicyclic) bond motifs is 2. The average Bonchev–Trinajstić information content (AvgIpc) is 3.29. The van der Waals surface area contributed by atoms with Crippen LogP contribution in [0.4, 0.5) is 0 Å². The molecule has 0 radical (unpaired) electrons. The number of benzene rings is 3. The fourth-order valence-corrected chi connectivity index (χ4v) is 5.32. The summed E-state index contributed by atoms with van der Waals surface area (Å²) in [4.78, 5) is 2.31. The Bertz CT molecular complexity index is 1310. The van der Waals surface area contributed by atoms with Crippen molar-refractivity contribution >= 4 is 26.7 Å². The highest BCUT2D eigenvalue weighted by atomic mass is 79.9. The summed E-state index contributed by atoms with van der Waals surface area (Å²) in [5.41, 5.74) is 1.48. The molecule has 4 aromatic rings. The topological polar surface area (TPSA) is 71.6 Å². The van der Waals surface area contributed by atoms with Crippen LogP contribution in [0.5, 0.6) is 5.75 Å². The van der Waals surface area contributed by atoms with Crippen molar-refractivity contribution < 1.29 is 14.3 Å². The molecule has 1 fully saturated rings. The van der Waals surface area contributed by atoms with Gasteiger partial charge in [0.1, 0.15) is 11.4 Å². The highest BCUT2D eigenvalue weighted by molar-refractivity contribution is 9.10. The van der Waals surface area contributed by atoms with Crippen LogP contribution in [0.3, 0.4) is 0 Å². The zero-order chi connectivity index (χ0) is 22.4. The normalized spacial score (nSPS) is 20.0. The summed E-state index contributed by atoms with van der Waals surface area (Å²) in [5, 5.41) is 21.6. The van der Waals surface area contributed by atoms with Crippen LogP contribution in [0.25, 0.3) is 22.2 Å². The first-order chi connectivity index (χ1) is 16.1. The van der Waals surface area contributed by atoms with Crippen molar-refractivity contribution in [2.24, 2.45) is 0 Å². The molecule has 7 heteroatoms. The predicted octanol–water partition coefficient (Wildman–Crippen LogP) is 5.50. The zero-order valence-electron chi connectivity index (χ0n) is 18.1. The molecule has 1 saturated heterocycles. The van der Waals surface area contributed by atoms with Gasteiger partial charge in [0.2, 0.25) is 11.8 Å². The lowest BCUT2D eigenvalue weighted by atomic mass is 9.81. The average molecular weight is 506 g/mol. The number of piperidine rings is 1. The van der Waals surface area contributed by atoms with Crippen LogP contribution in [0.2, 0.25) is 0 Å². The van der Waals surface area contributed by atoms with Crippen LogP contribution < -0.4 is 4.74 Å². The van der Waals surface area contributed by atoms with Crippen LogP contribution >= 0.6 is 15.9 Å². The number of aliphatic hydroxyl groups is 1. The minimum Gasteiger partial charge on any atom is -0.487 e. The SMILES string of the molecule is OC1CC2(CCN(Cc3nnc(-c4ccc5ccccc5c4)o3)CC2)Oc2cc(Br)ccc21. The summed E-state index contributed by atoms with van der Waals surface area (Å²) in [7, 11) is 0. The van der Waals surface area contributed by atoms with E-state index in [1.807, 2.05) is 36.4 Å². The van der Waals surface area contributed by atoms with Crippen LogP contribution in [-0.2, 0) is 6.54 Å². The largest absolute Gasteiger partial charge is 0.487 e. The number of hydrogen-bond acceptors (Lipinski definition) is 6. The van der Waals surface area contributed by atoms with E-state index in [0.717, 1.165) is 52.7 Å². The van der Waals surface area contributed by atoms with E-state index in [1.54, 1.807) is 0 Å². The molecular formula is C26H24BrN3O3. The van der Waals surface area contributed by atoms with Gasteiger partial charge >= 0.3 is 0 Å². The number of ether oxygens (including phenoxy) is 1. The number of likely N-dealkylation sites (tertiary alicyclic amines) is 1. The first kappa shape index (κ1) is 20.8. The Kier molecular flexibility index (Phi) is 5.20. The number of rotatable bonds is 3. The molecule has 2 aliphatic heterocycles. The smallest absolute Gasteiger partial charge is 0.247 e. The van der Waals surface area contributed by atoms with Gasteiger partial charge in [0, 0.05) is 35.1 Å². The summed E-state index contributed by atoms with van der Waals surface area (Å²) in [5.74, 6) is 1.95. The van der Waals surface area contributed by atoms with Gasteiger partial charge in [0.05, 0.1) is 12.6 Å². The van der Waals surface area contributed by atoms with E-state index in [2.05, 4.69) is 55.3 Å². The predicted molar refractivity (Wildman–Crippen MR) is 129 cm³/mol. The summed E-state index contributed by atoms with van der Waals surface area (Å²) in [6.07, 6.45) is 1.83. The van der Waals surface area contributed by atoms with Crippen molar-refractivity contribution in [3.05, 3.63) is 76.6 Å². The van der Waals surface area contributed by atoms with Gasteiger partial charge in [-0.3, -0.25) is 4.90 Å². The molecular weight excluding hydrogens is 482 g/mol. The molecule has 0 bridgehead atoms. The minimum atomic E-state index is -0.492. The molecule has 3 aromatic carbocycles. The standard InChI is InChI=1S/C26H24BrN3O3/c27-20-7-8-21-22(31)15-26(33-23(21)14-20)9-11-30(12-10-26)16-24-28-29-25(32-24)19-6-5-17-3-1-2-4-18(17)13-19/h1-8,13-14,22,31H,9-12,15-16H2. The summed E-state index contributed by atoms with van der Waals surface area (Å²) in [6, 6.07) is 20.3. The molecule has 1 spiro atoms. The Morgan fingerprint density at radius 3 is 2.67 bits per heavy atom. The molecule has 0 aliphatic carbocycles. The summed E-state index contributed by atoms with van der Waals surface area (Å²) in [6.45, 7) is 2.31. The molecule has 6 nitrogen and oxygen atoms in total. The van der Waals surface area contributed by atoms with E-state index in [-0.39, 0.29) is 5.60 Å². The van der Waals surface area contributed by atoms with Gasteiger partial charge in [-0.2, -0.15) is 0 Å². The molecule has 33 heavy (non-hydrogen) atoms. The monoisotopic (exact) mass is 505 g/mol. The minimum absolute atomic E-state index is 0.325. The maximum absolute atomic E-state index is 10.7. The van der Waals surface area contributed by atoms with Gasteiger partial charge in [-0.15, -0.1) is 10.2 Å². The maximum atomic E-state index is 10.7. The Hall–Kier alpha value is -2.74. The second-order valence-corrected chi connectivity index (χ2v) is 9.94. The fraction of sp³-hybridized carbons (Fsp3) is 0.308. The second kappa shape index (κ2) is 8.24. The van der Waals surface area contributed by atoms with E-state index in [0.29, 0.717) is 24.7 Å². The Balaban J connectivity index is 1.12. The molecule has 3 heterocycles. The Morgan fingerprint density at radius 1 is 1.00 bits per heavy atom. The third kappa shape index (κ3) is 4.05. The summed E-state index contributed by atoms with van der Waals surface area (Å²) >= 11 is 3.51. The van der Waals surface area contributed by atoms with Crippen LogP contribution in [-0.4, -0.2) is 38.9 Å². The lowest BCUT2D eigenvalue weighted by Gasteiger charge is -2.45. The Labute approximate surface area is 200 Å². The Morgan fingerprint density at radius 2 is 1.82 bits per heavy atom. The number of halogens is 1. The second-order valence-electron chi connectivity index (χ2n) is 9.03. The molecule has 1 atom stereocenters. The van der Waals surface area contributed by atoms with Gasteiger partial charge in [-0.25, -0.2) is 0 Å². The van der Waals surface area contributed by atoms with Gasteiger partial charge in [-0.05, 0) is 47.9 Å². The van der Waals surface area contributed by atoms with Crippen LogP contribution in [0.15, 0.2) is 69.6 Å². The van der Waals surface area contributed by atoms with E-state index in [4.69, 9.17) is 9.15 Å². The lowest BCUT2D eigenvalue weighted by Crippen LogP contribution is -2.50. The zero-order valence-corrected chi connectivity index (χ0v) is 19.7. The van der Waals surface area contributed by atoms with Crippen LogP contribution in [0.1, 0.15) is 36.8 Å². The quantitative estimate of drug-likeness (QED) is 0.396. The number of aromatic nitrogens is 2. The maximum Gasteiger partial charge on any atom is 0.247 e. The highest BCUT2D eigenvalue weighted by Gasteiger charge is 2.43. The van der Waals surface area contributed by atoms with E-state index in [9.17, 15) is 5.11 Å². The first-order valence-corrected chi connectivity index (χ1v) is 12.1. The van der Waals surface area contributed by atoms with Gasteiger partial charge in [-0.1, -0.05) is 52.3 Å². The van der Waals surface area contributed by atoms with Crippen molar-refractivity contribution in [3.8, 4) is 17.2 Å². The molecule has 0 amide bonds. The van der Waals surface area contributed by atoms with E-state index >= 15 is 0 Å². The van der Waals surface area contributed by atoms with E-state index in [1.165, 1.54) is 5.39 Å². The lowest BCUT2D eigenvalue weighted by molar-refractivity contribution is -0.0560. The van der Waals surface area contributed by atoms with E-state index < -0.39 is 6.10 Å². The van der Waals surface area contributed by atoms with Gasteiger partial charge < -0.3 is 14.3 Å². The molecule has 2 aliphatic rings. The third-order valence-electron chi connectivity index (χ3n) is 6.82. The molecule has 1 unspecified atom stereocenters. The van der Waals surface area contributed by atoms with Crippen molar-refractivity contribution in [1.29, 1.82) is 0 Å². The highest BCUT2D eigenvalue weighted by Crippen LogP contribution is 2.45. The number of nitrogens with zero attached hydrogens (tertiary/aromatic N) is 3. The molecule has 1 aromatic heterocycles. The summed E-state index contributed by atoms with van der Waals surface area (Å²) < 4.78 is 13.4. The third-order valence-corrected chi connectivity index (χ3v) is 7.31. The molecule has 1 N–H and O–H groups in total. The van der Waals surface area contributed by atoms with Crippen molar-refractivity contribution in [2.45, 2.75) is 37.5 Å². The molecule has 0 saturated carbocycles. The van der Waals surface area contributed by atoms with Crippen molar-refractivity contribution in [1.82, 2.24) is 15.1 Å². The number of hydrogen-bond donors (Lipinski definition) is 1. The first-order valence-electron chi connectivity index (χ1n) is 11.3.